The lowest BCUT2D eigenvalue weighted by Gasteiger charge is -2.28. The van der Waals surface area contributed by atoms with Crippen molar-refractivity contribution < 1.29 is 5.11 Å². The maximum absolute atomic E-state index is 9.63. The van der Waals surface area contributed by atoms with Crippen molar-refractivity contribution in [3.63, 3.8) is 0 Å². The minimum atomic E-state index is -0.136. The van der Waals surface area contributed by atoms with Gasteiger partial charge in [0, 0.05) is 19.0 Å². The van der Waals surface area contributed by atoms with Gasteiger partial charge in [0.2, 0.25) is 0 Å². The number of rotatable bonds is 3. The van der Waals surface area contributed by atoms with Crippen LogP contribution in [0.2, 0.25) is 0 Å². The Kier molecular flexibility index (Phi) is 4.88. The second-order valence-electron chi connectivity index (χ2n) is 3.59. The van der Waals surface area contributed by atoms with Crippen molar-refractivity contribution in [3.8, 4) is 11.8 Å². The fourth-order valence-electron chi connectivity index (χ4n) is 1.79. The Morgan fingerprint density at radius 1 is 1.38 bits per heavy atom. The first-order chi connectivity index (χ1) is 6.34. The van der Waals surface area contributed by atoms with Crippen molar-refractivity contribution in [1.82, 2.24) is 5.32 Å². The molecule has 0 heterocycles. The van der Waals surface area contributed by atoms with Gasteiger partial charge in [0.05, 0.1) is 6.10 Å². The van der Waals surface area contributed by atoms with Gasteiger partial charge in [-0.05, 0) is 19.8 Å². The Morgan fingerprint density at radius 2 is 2.15 bits per heavy atom. The van der Waals surface area contributed by atoms with E-state index in [2.05, 4.69) is 17.2 Å². The molecular formula is C11H19NO. The Balaban J connectivity index is 2.14. The van der Waals surface area contributed by atoms with E-state index in [1.54, 1.807) is 0 Å². The van der Waals surface area contributed by atoms with Gasteiger partial charge in [-0.1, -0.05) is 12.8 Å². The van der Waals surface area contributed by atoms with Crippen molar-refractivity contribution in [2.45, 2.75) is 51.2 Å². The quantitative estimate of drug-likeness (QED) is 0.508. The van der Waals surface area contributed by atoms with E-state index in [-0.39, 0.29) is 6.10 Å². The van der Waals surface area contributed by atoms with E-state index >= 15 is 0 Å². The molecule has 1 aliphatic carbocycles. The van der Waals surface area contributed by atoms with Gasteiger partial charge in [-0.25, -0.2) is 0 Å². The molecule has 2 nitrogen and oxygen atoms in total. The average Bonchev–Trinajstić information content (AvgIpc) is 2.15. The first-order valence-electron chi connectivity index (χ1n) is 5.15. The standard InChI is InChI=1S/C11H19NO/c1-2-3-6-9-12-10-7-4-5-8-11(10)13/h10-13H,4-9H2,1H3. The van der Waals surface area contributed by atoms with Gasteiger partial charge in [-0.15, -0.1) is 11.8 Å². The van der Waals surface area contributed by atoms with Crippen molar-refractivity contribution in [3.05, 3.63) is 0 Å². The van der Waals surface area contributed by atoms with E-state index in [0.717, 1.165) is 25.8 Å². The van der Waals surface area contributed by atoms with Gasteiger partial charge in [-0.2, -0.15) is 0 Å². The van der Waals surface area contributed by atoms with Crippen LogP contribution in [0.4, 0.5) is 0 Å². The molecule has 0 aromatic heterocycles. The summed E-state index contributed by atoms with van der Waals surface area (Å²) in [6.45, 7) is 2.76. The molecule has 0 aromatic carbocycles. The monoisotopic (exact) mass is 181 g/mol. The van der Waals surface area contributed by atoms with Crippen LogP contribution in [0.3, 0.4) is 0 Å². The number of hydrogen-bond acceptors (Lipinski definition) is 2. The predicted octanol–water partition coefficient (Wildman–Crippen LogP) is 1.29. The van der Waals surface area contributed by atoms with E-state index < -0.39 is 0 Å². The van der Waals surface area contributed by atoms with Gasteiger partial charge in [0.1, 0.15) is 0 Å². The second kappa shape index (κ2) is 6.01. The molecule has 13 heavy (non-hydrogen) atoms. The van der Waals surface area contributed by atoms with Crippen LogP contribution in [0.15, 0.2) is 0 Å². The molecule has 1 aliphatic rings. The molecule has 2 unspecified atom stereocenters. The van der Waals surface area contributed by atoms with Crippen LogP contribution >= 0.6 is 0 Å². The van der Waals surface area contributed by atoms with Crippen LogP contribution in [0.5, 0.6) is 0 Å². The Labute approximate surface area is 80.7 Å². The molecule has 0 radical (unpaired) electrons. The molecule has 1 fully saturated rings. The highest BCUT2D eigenvalue weighted by atomic mass is 16.3. The predicted molar refractivity (Wildman–Crippen MR) is 54.3 cm³/mol. The second-order valence-corrected chi connectivity index (χ2v) is 3.59. The molecule has 0 spiro atoms. The minimum Gasteiger partial charge on any atom is -0.392 e. The Morgan fingerprint density at radius 3 is 2.85 bits per heavy atom. The average molecular weight is 181 g/mol. The van der Waals surface area contributed by atoms with Crippen LogP contribution < -0.4 is 5.32 Å². The van der Waals surface area contributed by atoms with E-state index in [1.165, 1.54) is 12.8 Å². The summed E-state index contributed by atoms with van der Waals surface area (Å²) in [5.41, 5.74) is 0. The summed E-state index contributed by atoms with van der Waals surface area (Å²) >= 11 is 0. The third-order valence-electron chi connectivity index (χ3n) is 2.56. The SMILES string of the molecule is CC#CCCNC1CCCCC1O. The lowest BCUT2D eigenvalue weighted by atomic mass is 9.92. The molecule has 2 heteroatoms. The molecule has 0 aliphatic heterocycles. The van der Waals surface area contributed by atoms with Crippen molar-refractivity contribution in [1.29, 1.82) is 0 Å². The third kappa shape index (κ3) is 3.80. The highest BCUT2D eigenvalue weighted by molar-refractivity contribution is 4.95. The molecule has 0 bridgehead atoms. The normalized spacial score (nSPS) is 27.8. The molecule has 2 N–H and O–H groups in total. The molecule has 1 saturated carbocycles. The summed E-state index contributed by atoms with van der Waals surface area (Å²) in [5.74, 6) is 5.87. The highest BCUT2D eigenvalue weighted by Crippen LogP contribution is 2.17. The highest BCUT2D eigenvalue weighted by Gasteiger charge is 2.21. The Hall–Kier alpha value is -0.520. The molecule has 1 rings (SSSR count). The van der Waals surface area contributed by atoms with E-state index in [1.807, 2.05) is 6.92 Å². The summed E-state index contributed by atoms with van der Waals surface area (Å²) in [4.78, 5) is 0. The zero-order valence-corrected chi connectivity index (χ0v) is 8.34. The first kappa shape index (κ1) is 10.6. The van der Waals surface area contributed by atoms with Crippen LogP contribution in [0, 0.1) is 11.8 Å². The molecule has 0 aromatic rings. The summed E-state index contributed by atoms with van der Waals surface area (Å²) in [5, 5.41) is 13.0. The van der Waals surface area contributed by atoms with E-state index in [4.69, 9.17) is 0 Å². The minimum absolute atomic E-state index is 0.136. The summed E-state index contributed by atoms with van der Waals surface area (Å²) in [6.07, 6.45) is 5.24. The van der Waals surface area contributed by atoms with Gasteiger partial charge in [-0.3, -0.25) is 0 Å². The van der Waals surface area contributed by atoms with Crippen LogP contribution in [-0.4, -0.2) is 23.8 Å². The van der Waals surface area contributed by atoms with Crippen molar-refractivity contribution >= 4 is 0 Å². The molecular weight excluding hydrogens is 162 g/mol. The number of aliphatic hydroxyl groups is 1. The van der Waals surface area contributed by atoms with Crippen molar-refractivity contribution in [2.24, 2.45) is 0 Å². The molecule has 0 amide bonds. The van der Waals surface area contributed by atoms with Crippen LogP contribution in [-0.2, 0) is 0 Å². The molecule has 74 valence electrons. The van der Waals surface area contributed by atoms with Gasteiger partial charge in [0.25, 0.3) is 0 Å². The Bertz CT molecular complexity index is 192. The number of aliphatic hydroxyl groups excluding tert-OH is 1. The topological polar surface area (TPSA) is 32.3 Å². The fourth-order valence-corrected chi connectivity index (χ4v) is 1.79. The third-order valence-corrected chi connectivity index (χ3v) is 2.56. The van der Waals surface area contributed by atoms with Gasteiger partial charge in [0.15, 0.2) is 0 Å². The molecule has 2 atom stereocenters. The van der Waals surface area contributed by atoms with Crippen LogP contribution in [0.25, 0.3) is 0 Å². The number of hydrogen-bond donors (Lipinski definition) is 2. The van der Waals surface area contributed by atoms with Crippen molar-refractivity contribution in [2.75, 3.05) is 6.54 Å². The van der Waals surface area contributed by atoms with E-state index in [0.29, 0.717) is 6.04 Å². The fraction of sp³-hybridized carbons (Fsp3) is 0.818. The first-order valence-corrected chi connectivity index (χ1v) is 5.15. The largest absolute Gasteiger partial charge is 0.392 e. The smallest absolute Gasteiger partial charge is 0.0693 e. The van der Waals surface area contributed by atoms with E-state index in [9.17, 15) is 5.11 Å². The van der Waals surface area contributed by atoms with Gasteiger partial charge < -0.3 is 10.4 Å². The summed E-state index contributed by atoms with van der Waals surface area (Å²) in [7, 11) is 0. The maximum Gasteiger partial charge on any atom is 0.0693 e. The zero-order valence-electron chi connectivity index (χ0n) is 8.34. The number of nitrogens with one attached hydrogen (secondary N) is 1. The lowest BCUT2D eigenvalue weighted by molar-refractivity contribution is 0.0915. The maximum atomic E-state index is 9.63. The summed E-state index contributed by atoms with van der Waals surface area (Å²) in [6, 6.07) is 0.312. The zero-order chi connectivity index (χ0) is 9.52. The van der Waals surface area contributed by atoms with Crippen LogP contribution in [0.1, 0.15) is 39.0 Å². The molecule has 0 saturated heterocycles. The van der Waals surface area contributed by atoms with Gasteiger partial charge >= 0.3 is 0 Å². The lowest BCUT2D eigenvalue weighted by Crippen LogP contribution is -2.42. The summed E-state index contributed by atoms with van der Waals surface area (Å²) < 4.78 is 0.